The number of nitrogens with zero attached hydrogens (tertiary/aromatic N) is 3. The zero-order chi connectivity index (χ0) is 19.7. The molecule has 2 amide bonds. The second kappa shape index (κ2) is 7.38. The van der Waals surface area contributed by atoms with Gasteiger partial charge in [0.25, 0.3) is 5.91 Å². The molecule has 0 aliphatic carbocycles. The van der Waals surface area contributed by atoms with Crippen molar-refractivity contribution in [3.8, 4) is 0 Å². The van der Waals surface area contributed by atoms with E-state index in [1.165, 1.54) is 6.07 Å². The standard InChI is InChI=1S/C19H25N5O3/c1-11(2)19(27)23-5-6-24-15(10-23)8-14(22-24)9-20-18(26)17-12(3)7-16(25)21-13(17)4/h7-8,11H,5-6,9-10H2,1-4H3,(H,20,26)(H,21,25). The van der Waals surface area contributed by atoms with Crippen molar-refractivity contribution >= 4 is 11.8 Å². The average Bonchev–Trinajstić information content (AvgIpc) is 3.00. The number of rotatable bonds is 4. The first kappa shape index (κ1) is 18.9. The molecule has 0 saturated heterocycles. The van der Waals surface area contributed by atoms with Crippen LogP contribution < -0.4 is 10.9 Å². The Bertz CT molecular complexity index is 915. The molecule has 0 saturated carbocycles. The first-order valence-corrected chi connectivity index (χ1v) is 9.09. The summed E-state index contributed by atoms with van der Waals surface area (Å²) in [6.45, 7) is 9.37. The second-order valence-electron chi connectivity index (χ2n) is 7.26. The van der Waals surface area contributed by atoms with Crippen LogP contribution in [0, 0.1) is 19.8 Å². The highest BCUT2D eigenvalue weighted by atomic mass is 16.2. The number of H-pyrrole nitrogens is 1. The Morgan fingerprint density at radius 1 is 1.26 bits per heavy atom. The fourth-order valence-corrected chi connectivity index (χ4v) is 3.42. The largest absolute Gasteiger partial charge is 0.346 e. The van der Waals surface area contributed by atoms with Crippen LogP contribution in [0.25, 0.3) is 0 Å². The van der Waals surface area contributed by atoms with Crippen LogP contribution in [0.2, 0.25) is 0 Å². The van der Waals surface area contributed by atoms with Crippen LogP contribution in [0.3, 0.4) is 0 Å². The number of aromatic nitrogens is 3. The average molecular weight is 371 g/mol. The van der Waals surface area contributed by atoms with Gasteiger partial charge in [0.1, 0.15) is 0 Å². The first-order chi connectivity index (χ1) is 12.8. The number of carbonyl (C=O) groups excluding carboxylic acids is 2. The van der Waals surface area contributed by atoms with Crippen LogP contribution in [0.1, 0.15) is 46.9 Å². The lowest BCUT2D eigenvalue weighted by atomic mass is 10.1. The molecule has 3 heterocycles. The summed E-state index contributed by atoms with van der Waals surface area (Å²) in [7, 11) is 0. The Balaban J connectivity index is 1.68. The van der Waals surface area contributed by atoms with Gasteiger partial charge in [0, 0.05) is 24.2 Å². The Morgan fingerprint density at radius 2 is 2.00 bits per heavy atom. The van der Waals surface area contributed by atoms with E-state index < -0.39 is 0 Å². The zero-order valence-electron chi connectivity index (χ0n) is 16.1. The number of aromatic amines is 1. The Labute approximate surface area is 157 Å². The molecule has 2 aromatic rings. The van der Waals surface area contributed by atoms with Crippen LogP contribution in [0.4, 0.5) is 0 Å². The van der Waals surface area contributed by atoms with E-state index in [9.17, 15) is 14.4 Å². The van der Waals surface area contributed by atoms with Crippen molar-refractivity contribution in [3.05, 3.63) is 50.7 Å². The van der Waals surface area contributed by atoms with Gasteiger partial charge in [-0.25, -0.2) is 0 Å². The van der Waals surface area contributed by atoms with Gasteiger partial charge in [-0.15, -0.1) is 0 Å². The van der Waals surface area contributed by atoms with E-state index in [2.05, 4.69) is 15.4 Å². The molecule has 2 N–H and O–H groups in total. The third kappa shape index (κ3) is 3.94. The smallest absolute Gasteiger partial charge is 0.253 e. The number of hydrogen-bond acceptors (Lipinski definition) is 4. The number of amides is 2. The van der Waals surface area contributed by atoms with Crippen molar-refractivity contribution in [2.24, 2.45) is 5.92 Å². The van der Waals surface area contributed by atoms with E-state index in [4.69, 9.17) is 0 Å². The number of carbonyl (C=O) groups is 2. The molecular formula is C19H25N5O3. The maximum atomic E-state index is 12.5. The van der Waals surface area contributed by atoms with Gasteiger partial charge >= 0.3 is 0 Å². The van der Waals surface area contributed by atoms with Gasteiger partial charge in [-0.2, -0.15) is 5.10 Å². The Morgan fingerprint density at radius 3 is 2.67 bits per heavy atom. The fourth-order valence-electron chi connectivity index (χ4n) is 3.42. The molecule has 8 heteroatoms. The number of fused-ring (bicyclic) bond motifs is 1. The van der Waals surface area contributed by atoms with Crippen molar-refractivity contribution in [3.63, 3.8) is 0 Å². The summed E-state index contributed by atoms with van der Waals surface area (Å²) >= 11 is 0. The monoisotopic (exact) mass is 371 g/mol. The van der Waals surface area contributed by atoms with E-state index in [1.807, 2.05) is 29.5 Å². The summed E-state index contributed by atoms with van der Waals surface area (Å²) in [6.07, 6.45) is 0. The molecule has 0 bridgehead atoms. The molecule has 0 unspecified atom stereocenters. The van der Waals surface area contributed by atoms with E-state index in [-0.39, 0.29) is 29.8 Å². The molecule has 0 atom stereocenters. The molecule has 0 aromatic carbocycles. The third-order valence-corrected chi connectivity index (χ3v) is 4.74. The van der Waals surface area contributed by atoms with Crippen molar-refractivity contribution in [1.82, 2.24) is 25.0 Å². The minimum atomic E-state index is -0.246. The predicted molar refractivity (Wildman–Crippen MR) is 100 cm³/mol. The van der Waals surface area contributed by atoms with E-state index >= 15 is 0 Å². The van der Waals surface area contributed by atoms with Crippen LogP contribution in [-0.4, -0.2) is 38.0 Å². The number of hydrogen-bond donors (Lipinski definition) is 2. The highest BCUT2D eigenvalue weighted by molar-refractivity contribution is 5.96. The Hall–Kier alpha value is -2.90. The second-order valence-corrected chi connectivity index (χ2v) is 7.26. The zero-order valence-corrected chi connectivity index (χ0v) is 16.1. The molecule has 3 rings (SSSR count). The molecular weight excluding hydrogens is 346 g/mol. The van der Waals surface area contributed by atoms with Gasteiger partial charge in [-0.05, 0) is 25.5 Å². The van der Waals surface area contributed by atoms with Gasteiger partial charge in [-0.3, -0.25) is 19.1 Å². The summed E-state index contributed by atoms with van der Waals surface area (Å²) in [6, 6.07) is 3.34. The summed E-state index contributed by atoms with van der Waals surface area (Å²) in [5.74, 6) is -0.132. The topological polar surface area (TPSA) is 100 Å². The lowest BCUT2D eigenvalue weighted by Crippen LogP contribution is -2.40. The van der Waals surface area contributed by atoms with Crippen molar-refractivity contribution < 1.29 is 9.59 Å². The number of nitrogens with one attached hydrogen (secondary N) is 2. The van der Waals surface area contributed by atoms with Crippen molar-refractivity contribution in [2.45, 2.75) is 47.3 Å². The minimum absolute atomic E-state index is 0.0259. The van der Waals surface area contributed by atoms with Gasteiger partial charge in [0.15, 0.2) is 0 Å². The van der Waals surface area contributed by atoms with Gasteiger partial charge < -0.3 is 15.2 Å². The number of pyridine rings is 1. The summed E-state index contributed by atoms with van der Waals surface area (Å²) in [4.78, 5) is 40.7. The lowest BCUT2D eigenvalue weighted by molar-refractivity contribution is -0.136. The predicted octanol–water partition coefficient (Wildman–Crippen LogP) is 1.12. The minimum Gasteiger partial charge on any atom is -0.346 e. The van der Waals surface area contributed by atoms with E-state index in [1.54, 1.807) is 13.8 Å². The van der Waals surface area contributed by atoms with E-state index in [0.29, 0.717) is 36.5 Å². The van der Waals surface area contributed by atoms with E-state index in [0.717, 1.165) is 11.4 Å². The van der Waals surface area contributed by atoms with Gasteiger partial charge in [0.05, 0.1) is 36.6 Å². The van der Waals surface area contributed by atoms with Crippen LogP contribution in [0.15, 0.2) is 16.9 Å². The molecule has 0 spiro atoms. The quantitative estimate of drug-likeness (QED) is 0.841. The molecule has 0 fully saturated rings. The van der Waals surface area contributed by atoms with Crippen LogP contribution in [0.5, 0.6) is 0 Å². The first-order valence-electron chi connectivity index (χ1n) is 9.09. The van der Waals surface area contributed by atoms with Crippen LogP contribution in [-0.2, 0) is 24.4 Å². The fraction of sp³-hybridized carbons (Fsp3) is 0.474. The highest BCUT2D eigenvalue weighted by Gasteiger charge is 2.24. The van der Waals surface area contributed by atoms with Gasteiger partial charge in [0.2, 0.25) is 11.5 Å². The Kier molecular flexibility index (Phi) is 5.16. The normalized spacial score (nSPS) is 13.6. The summed E-state index contributed by atoms with van der Waals surface area (Å²) in [5, 5.41) is 7.38. The summed E-state index contributed by atoms with van der Waals surface area (Å²) in [5.41, 5.74) is 3.16. The third-order valence-electron chi connectivity index (χ3n) is 4.74. The maximum Gasteiger partial charge on any atom is 0.253 e. The molecule has 1 aliphatic heterocycles. The molecule has 1 aliphatic rings. The van der Waals surface area contributed by atoms with Crippen molar-refractivity contribution in [1.29, 1.82) is 0 Å². The maximum absolute atomic E-state index is 12.5. The molecule has 0 radical (unpaired) electrons. The van der Waals surface area contributed by atoms with Crippen molar-refractivity contribution in [2.75, 3.05) is 6.54 Å². The molecule has 8 nitrogen and oxygen atoms in total. The SMILES string of the molecule is Cc1cc(=O)[nH]c(C)c1C(=O)NCc1cc2n(n1)CCN(C(=O)C(C)C)C2. The lowest BCUT2D eigenvalue weighted by Gasteiger charge is -2.29. The van der Waals surface area contributed by atoms with Crippen LogP contribution >= 0.6 is 0 Å². The highest BCUT2D eigenvalue weighted by Crippen LogP contribution is 2.16. The van der Waals surface area contributed by atoms with Gasteiger partial charge in [-0.1, -0.05) is 13.8 Å². The molecule has 2 aromatic heterocycles. The molecule has 144 valence electrons. The number of aryl methyl sites for hydroxylation is 2. The summed E-state index contributed by atoms with van der Waals surface area (Å²) < 4.78 is 1.89. The molecule has 27 heavy (non-hydrogen) atoms.